The molecule has 1 aliphatic heterocycles. The molecular weight excluding hydrogens is 452 g/mol. The van der Waals surface area contributed by atoms with E-state index >= 15 is 0 Å². The molecule has 4 aromatic rings. The van der Waals surface area contributed by atoms with Gasteiger partial charge in [-0.05, 0) is 58.6 Å². The van der Waals surface area contributed by atoms with Gasteiger partial charge < -0.3 is 9.88 Å². The molecule has 0 radical (unpaired) electrons. The van der Waals surface area contributed by atoms with Crippen molar-refractivity contribution < 1.29 is 4.79 Å². The van der Waals surface area contributed by atoms with Crippen molar-refractivity contribution in [3.63, 3.8) is 0 Å². The second-order valence-electron chi connectivity index (χ2n) is 10.1. The number of nitrogens with zero attached hydrogens (tertiary/aromatic N) is 6. The van der Waals surface area contributed by atoms with E-state index in [4.69, 9.17) is 4.98 Å². The van der Waals surface area contributed by atoms with E-state index in [0.29, 0.717) is 23.8 Å². The summed E-state index contributed by atoms with van der Waals surface area (Å²) < 4.78 is 2.05. The SMILES string of the molecule is CCn1c(-c2cnc(C)nc2)nc2c(-c3ccc4c(c3)[C@@](C)(N[C@H](C)C3CCC3)C(=O)N4)ncnc21. The number of benzene rings is 1. The molecule has 0 saturated heterocycles. The predicted octanol–water partition coefficient (Wildman–Crippen LogP) is 4.22. The number of aryl methyl sites for hydroxylation is 2. The molecule has 4 heterocycles. The summed E-state index contributed by atoms with van der Waals surface area (Å²) in [5.74, 6) is 2.06. The minimum absolute atomic E-state index is 0.0226. The zero-order valence-corrected chi connectivity index (χ0v) is 21.0. The quantitative estimate of drug-likeness (QED) is 0.423. The highest BCUT2D eigenvalue weighted by Crippen LogP contribution is 2.41. The molecule has 2 atom stereocenters. The smallest absolute Gasteiger partial charge is 0.249 e. The van der Waals surface area contributed by atoms with Gasteiger partial charge in [-0.25, -0.2) is 24.9 Å². The fourth-order valence-corrected chi connectivity index (χ4v) is 5.42. The van der Waals surface area contributed by atoms with Crippen LogP contribution in [-0.4, -0.2) is 41.4 Å². The summed E-state index contributed by atoms with van der Waals surface area (Å²) in [5, 5.41) is 6.71. The zero-order valence-electron chi connectivity index (χ0n) is 21.0. The number of hydrogen-bond donors (Lipinski definition) is 2. The third-order valence-electron chi connectivity index (χ3n) is 7.79. The molecule has 36 heavy (non-hydrogen) atoms. The van der Waals surface area contributed by atoms with Crippen LogP contribution in [0.1, 0.15) is 51.4 Å². The number of rotatable bonds is 6. The summed E-state index contributed by atoms with van der Waals surface area (Å²) in [5.41, 5.74) is 4.90. The van der Waals surface area contributed by atoms with Crippen molar-refractivity contribution in [3.05, 3.63) is 48.3 Å². The van der Waals surface area contributed by atoms with Crippen LogP contribution < -0.4 is 10.6 Å². The highest BCUT2D eigenvalue weighted by Gasteiger charge is 2.45. The Morgan fingerprint density at radius 3 is 2.64 bits per heavy atom. The van der Waals surface area contributed by atoms with E-state index in [1.807, 2.05) is 26.0 Å². The average Bonchev–Trinajstić information content (AvgIpc) is 3.32. The number of hydrogen-bond acceptors (Lipinski definition) is 7. The van der Waals surface area contributed by atoms with Crippen molar-refractivity contribution in [2.75, 3.05) is 5.32 Å². The Morgan fingerprint density at radius 1 is 1.17 bits per heavy atom. The first-order valence-electron chi connectivity index (χ1n) is 12.6. The highest BCUT2D eigenvalue weighted by molar-refractivity contribution is 6.06. The van der Waals surface area contributed by atoms with Crippen molar-refractivity contribution in [1.29, 1.82) is 0 Å². The Kier molecular flexibility index (Phi) is 5.33. The maximum absolute atomic E-state index is 13.1. The van der Waals surface area contributed by atoms with Crippen LogP contribution in [0.15, 0.2) is 36.9 Å². The lowest BCUT2D eigenvalue weighted by molar-refractivity contribution is -0.121. The average molecular weight is 483 g/mol. The summed E-state index contributed by atoms with van der Waals surface area (Å²) in [4.78, 5) is 36.0. The van der Waals surface area contributed by atoms with Crippen LogP contribution in [0.2, 0.25) is 0 Å². The number of carbonyl (C=O) groups is 1. The number of carbonyl (C=O) groups excluding carboxylic acids is 1. The summed E-state index contributed by atoms with van der Waals surface area (Å²) in [6, 6.07) is 6.27. The van der Waals surface area contributed by atoms with Crippen LogP contribution in [0.4, 0.5) is 5.69 Å². The van der Waals surface area contributed by atoms with Crippen LogP contribution in [0, 0.1) is 12.8 Å². The maximum Gasteiger partial charge on any atom is 0.249 e. The Labute approximate surface area is 209 Å². The van der Waals surface area contributed by atoms with E-state index in [0.717, 1.165) is 39.5 Å². The summed E-state index contributed by atoms with van der Waals surface area (Å²) in [7, 11) is 0. The first kappa shape index (κ1) is 22.7. The molecule has 1 saturated carbocycles. The molecule has 1 aliphatic carbocycles. The van der Waals surface area contributed by atoms with Gasteiger partial charge in [0.05, 0.1) is 5.56 Å². The normalized spacial score (nSPS) is 20.3. The number of nitrogens with one attached hydrogen (secondary N) is 2. The lowest BCUT2D eigenvalue weighted by Crippen LogP contribution is -2.52. The van der Waals surface area contributed by atoms with E-state index in [2.05, 4.69) is 55.1 Å². The van der Waals surface area contributed by atoms with Crippen molar-refractivity contribution >= 4 is 22.8 Å². The molecule has 1 fully saturated rings. The lowest BCUT2D eigenvalue weighted by Gasteiger charge is -2.37. The van der Waals surface area contributed by atoms with E-state index in [1.165, 1.54) is 19.3 Å². The van der Waals surface area contributed by atoms with Gasteiger partial charge in [0.25, 0.3) is 0 Å². The zero-order chi connectivity index (χ0) is 25.0. The van der Waals surface area contributed by atoms with E-state index in [9.17, 15) is 4.79 Å². The Morgan fingerprint density at radius 2 is 1.94 bits per heavy atom. The molecule has 9 heteroatoms. The lowest BCUT2D eigenvalue weighted by atomic mass is 9.79. The minimum atomic E-state index is -0.806. The van der Waals surface area contributed by atoms with Crippen molar-refractivity contribution in [3.8, 4) is 22.6 Å². The van der Waals surface area contributed by atoms with Crippen molar-refractivity contribution in [2.24, 2.45) is 5.92 Å². The molecule has 2 N–H and O–H groups in total. The molecular formula is C27H30N8O. The van der Waals surface area contributed by atoms with E-state index in [1.54, 1.807) is 18.7 Å². The molecule has 1 amide bonds. The molecule has 2 aliphatic rings. The minimum Gasteiger partial charge on any atom is -0.324 e. The van der Waals surface area contributed by atoms with Crippen LogP contribution in [0.5, 0.6) is 0 Å². The molecule has 0 unspecified atom stereocenters. The maximum atomic E-state index is 13.1. The number of anilines is 1. The number of imidazole rings is 1. The number of fused-ring (bicyclic) bond motifs is 2. The van der Waals surface area contributed by atoms with Gasteiger partial charge in [0.2, 0.25) is 5.91 Å². The van der Waals surface area contributed by atoms with E-state index < -0.39 is 5.54 Å². The molecule has 9 nitrogen and oxygen atoms in total. The standard InChI is InChI=1S/C27H30N8O/c1-5-35-24(19-12-28-16(3)29-13-19)33-23-22(30-14-31-25(23)35)18-9-10-21-20(11-18)27(4,26(36)32-21)34-15(2)17-7-6-8-17/h9-15,17,34H,5-8H2,1-4H3,(H,32,36)/t15-,27-/m1/s1. The number of amides is 1. The molecule has 0 spiro atoms. The second kappa shape index (κ2) is 8.44. The van der Waals surface area contributed by atoms with Gasteiger partial charge in [-0.2, -0.15) is 0 Å². The third kappa shape index (κ3) is 3.49. The first-order chi connectivity index (χ1) is 17.4. The van der Waals surface area contributed by atoms with Crippen molar-refractivity contribution in [1.82, 2.24) is 34.8 Å². The van der Waals surface area contributed by atoms with Gasteiger partial charge in [-0.1, -0.05) is 12.5 Å². The van der Waals surface area contributed by atoms with E-state index in [-0.39, 0.29) is 11.9 Å². The van der Waals surface area contributed by atoms with Gasteiger partial charge in [-0.3, -0.25) is 10.1 Å². The van der Waals surface area contributed by atoms with Crippen LogP contribution >= 0.6 is 0 Å². The van der Waals surface area contributed by atoms with Crippen molar-refractivity contribution in [2.45, 2.75) is 65.1 Å². The summed E-state index contributed by atoms with van der Waals surface area (Å²) in [6.07, 6.45) is 8.85. The summed E-state index contributed by atoms with van der Waals surface area (Å²) >= 11 is 0. The summed E-state index contributed by atoms with van der Waals surface area (Å²) in [6.45, 7) is 8.78. The van der Waals surface area contributed by atoms with Gasteiger partial charge in [-0.15, -0.1) is 0 Å². The Balaban J connectivity index is 1.45. The Bertz CT molecular complexity index is 1470. The molecule has 3 aromatic heterocycles. The molecule has 184 valence electrons. The topological polar surface area (TPSA) is 111 Å². The Hall–Kier alpha value is -3.72. The fourth-order valence-electron chi connectivity index (χ4n) is 5.42. The van der Waals surface area contributed by atoms with Crippen LogP contribution in [0.3, 0.4) is 0 Å². The fraction of sp³-hybridized carbons (Fsp3) is 0.407. The first-order valence-corrected chi connectivity index (χ1v) is 12.6. The largest absolute Gasteiger partial charge is 0.324 e. The second-order valence-corrected chi connectivity index (χ2v) is 10.1. The van der Waals surface area contributed by atoms with Gasteiger partial charge in [0, 0.05) is 41.8 Å². The van der Waals surface area contributed by atoms with Crippen LogP contribution in [-0.2, 0) is 16.9 Å². The van der Waals surface area contributed by atoms with Gasteiger partial charge >= 0.3 is 0 Å². The molecule has 6 rings (SSSR count). The predicted molar refractivity (Wildman–Crippen MR) is 138 cm³/mol. The van der Waals surface area contributed by atoms with Gasteiger partial charge in [0.1, 0.15) is 34.7 Å². The highest BCUT2D eigenvalue weighted by atomic mass is 16.2. The molecule has 0 bridgehead atoms. The third-order valence-corrected chi connectivity index (χ3v) is 7.79. The monoisotopic (exact) mass is 482 g/mol. The van der Waals surface area contributed by atoms with Crippen LogP contribution in [0.25, 0.3) is 33.8 Å². The van der Waals surface area contributed by atoms with Gasteiger partial charge in [0.15, 0.2) is 5.65 Å². The number of aromatic nitrogens is 6. The molecule has 1 aromatic carbocycles.